The van der Waals surface area contributed by atoms with Crippen molar-refractivity contribution in [3.8, 4) is 22.7 Å². The van der Waals surface area contributed by atoms with Crippen molar-refractivity contribution in [1.29, 1.82) is 0 Å². The summed E-state index contributed by atoms with van der Waals surface area (Å²) in [6.45, 7) is 4.39. The number of thioether (sulfide) groups is 1. The highest BCUT2D eigenvalue weighted by Crippen LogP contribution is 2.49. The minimum absolute atomic E-state index is 0.0215. The molecule has 218 valence electrons. The molecule has 1 unspecified atom stereocenters. The molecular formula is C32H32F2N4O3S. The first kappa shape index (κ1) is 29.3. The topological polar surface area (TPSA) is 76.5 Å². The van der Waals surface area contributed by atoms with Crippen LogP contribution in [0.5, 0.6) is 5.75 Å². The van der Waals surface area contributed by atoms with Gasteiger partial charge in [0.05, 0.1) is 29.5 Å². The zero-order chi connectivity index (χ0) is 29.8. The zero-order valence-corrected chi connectivity index (χ0v) is 24.5. The van der Waals surface area contributed by atoms with Crippen molar-refractivity contribution < 1.29 is 23.1 Å². The van der Waals surface area contributed by atoms with Crippen LogP contribution in [0.3, 0.4) is 0 Å². The Kier molecular flexibility index (Phi) is 8.91. The molecule has 10 heteroatoms. The second-order valence-electron chi connectivity index (χ2n) is 10.4. The quantitative estimate of drug-likeness (QED) is 0.253. The van der Waals surface area contributed by atoms with Gasteiger partial charge in [-0.05, 0) is 42.7 Å². The minimum atomic E-state index is -0.720. The van der Waals surface area contributed by atoms with E-state index >= 15 is 4.39 Å². The highest BCUT2D eigenvalue weighted by atomic mass is 32.2. The first-order valence-electron chi connectivity index (χ1n) is 13.7. The number of hydrogen-bond acceptors (Lipinski definition) is 5. The van der Waals surface area contributed by atoms with Crippen molar-refractivity contribution in [1.82, 2.24) is 15.1 Å². The summed E-state index contributed by atoms with van der Waals surface area (Å²) in [7, 11) is 1.57. The third kappa shape index (κ3) is 6.18. The number of ether oxygens (including phenoxy) is 1. The van der Waals surface area contributed by atoms with Crippen LogP contribution in [-0.2, 0) is 9.59 Å². The van der Waals surface area contributed by atoms with Crippen LogP contribution in [-0.4, -0.2) is 47.5 Å². The van der Waals surface area contributed by atoms with Gasteiger partial charge in [0.15, 0.2) is 0 Å². The van der Waals surface area contributed by atoms with Crippen molar-refractivity contribution in [3.05, 3.63) is 95.6 Å². The Morgan fingerprint density at radius 2 is 1.83 bits per heavy atom. The Hall–Kier alpha value is -4.18. The average molecular weight is 591 g/mol. The number of methoxy groups -OCH3 is 1. The van der Waals surface area contributed by atoms with Crippen molar-refractivity contribution in [3.63, 3.8) is 0 Å². The van der Waals surface area contributed by atoms with Gasteiger partial charge in [-0.2, -0.15) is 5.10 Å². The number of amides is 2. The van der Waals surface area contributed by atoms with Gasteiger partial charge >= 0.3 is 0 Å². The Labute approximate surface area is 247 Å². The van der Waals surface area contributed by atoms with E-state index in [1.165, 1.54) is 28.8 Å². The number of nitrogens with one attached hydrogen (secondary N) is 1. The number of hydrogen-bond donors (Lipinski definition) is 1. The van der Waals surface area contributed by atoms with Gasteiger partial charge in [-0.3, -0.25) is 14.5 Å². The Morgan fingerprint density at radius 3 is 2.50 bits per heavy atom. The maximum Gasteiger partial charge on any atom is 0.240 e. The molecule has 1 N–H and O–H groups in total. The fraction of sp³-hybridized carbons (Fsp3) is 0.281. The summed E-state index contributed by atoms with van der Waals surface area (Å²) in [5, 5.41) is 7.18. The molecule has 0 aliphatic carbocycles. The predicted molar refractivity (Wildman–Crippen MR) is 161 cm³/mol. The van der Waals surface area contributed by atoms with Gasteiger partial charge in [-0.1, -0.05) is 50.2 Å². The number of carbonyl (C=O) groups excluding carboxylic acids is 2. The lowest BCUT2D eigenvalue weighted by atomic mass is 9.99. The van der Waals surface area contributed by atoms with Crippen LogP contribution in [0.25, 0.3) is 16.9 Å². The Bertz CT molecular complexity index is 1570. The van der Waals surface area contributed by atoms with E-state index in [9.17, 15) is 14.0 Å². The lowest BCUT2D eigenvalue weighted by molar-refractivity contribution is -0.122. The second kappa shape index (κ2) is 12.8. The lowest BCUT2D eigenvalue weighted by Crippen LogP contribution is -2.42. The van der Waals surface area contributed by atoms with Gasteiger partial charge in [0.25, 0.3) is 0 Å². The minimum Gasteiger partial charge on any atom is -0.497 e. The van der Waals surface area contributed by atoms with E-state index in [4.69, 9.17) is 9.84 Å². The van der Waals surface area contributed by atoms with Crippen molar-refractivity contribution in [2.45, 2.75) is 25.5 Å². The van der Waals surface area contributed by atoms with Gasteiger partial charge in [-0.25, -0.2) is 13.5 Å². The SMILES string of the molecule is COc1ccc(-n2nc(-c3ccccc3)c3c2N(CC(=O)NCCC(C)C)C(=O)CSC3c2ccc(F)cc2F)cc1. The number of benzene rings is 3. The van der Waals surface area contributed by atoms with Crippen LogP contribution in [0.4, 0.5) is 14.6 Å². The first-order valence-corrected chi connectivity index (χ1v) is 14.8. The number of halogens is 2. The summed E-state index contributed by atoms with van der Waals surface area (Å²) < 4.78 is 36.3. The standard InChI is InChI=1S/C32H32F2N4O3S/c1-20(2)15-16-35-27(39)18-37-28(40)19-42-31(25-14-9-22(33)17-26(25)34)29-30(21-7-5-4-6-8-21)36-38(32(29)37)23-10-12-24(41-3)13-11-23/h4-14,17,20,31H,15-16,18-19H2,1-3H3,(H,35,39). The fourth-order valence-corrected chi connectivity index (χ4v) is 6.11. The monoisotopic (exact) mass is 590 g/mol. The molecular weight excluding hydrogens is 558 g/mol. The van der Waals surface area contributed by atoms with Gasteiger partial charge < -0.3 is 10.1 Å². The molecule has 2 amide bonds. The molecule has 1 aromatic heterocycles. The molecule has 7 nitrogen and oxygen atoms in total. The third-order valence-electron chi connectivity index (χ3n) is 7.04. The number of anilines is 1. The molecule has 5 rings (SSSR count). The number of nitrogens with zero attached hydrogens (tertiary/aromatic N) is 3. The normalized spacial score (nSPS) is 15.0. The largest absolute Gasteiger partial charge is 0.497 e. The van der Waals surface area contributed by atoms with E-state index < -0.39 is 16.9 Å². The van der Waals surface area contributed by atoms with Crippen LogP contribution in [0, 0.1) is 17.6 Å². The smallest absolute Gasteiger partial charge is 0.240 e. The van der Waals surface area contributed by atoms with Gasteiger partial charge in [0.2, 0.25) is 11.8 Å². The maximum absolute atomic E-state index is 15.4. The highest BCUT2D eigenvalue weighted by molar-refractivity contribution is 8.00. The summed E-state index contributed by atoms with van der Waals surface area (Å²) in [4.78, 5) is 28.3. The Morgan fingerprint density at radius 1 is 1.10 bits per heavy atom. The number of rotatable bonds is 9. The Balaban J connectivity index is 1.73. The van der Waals surface area contributed by atoms with E-state index in [2.05, 4.69) is 19.2 Å². The number of fused-ring (bicyclic) bond motifs is 1. The first-order chi connectivity index (χ1) is 20.3. The predicted octanol–water partition coefficient (Wildman–Crippen LogP) is 6.16. The molecule has 1 aliphatic rings. The van der Waals surface area contributed by atoms with Crippen LogP contribution in [0.2, 0.25) is 0 Å². The van der Waals surface area contributed by atoms with Crippen molar-refractivity contribution in [2.75, 3.05) is 30.9 Å². The van der Waals surface area contributed by atoms with Crippen LogP contribution in [0.1, 0.15) is 36.6 Å². The summed E-state index contributed by atoms with van der Waals surface area (Å²) in [6.07, 6.45) is 0.800. The molecule has 3 aromatic carbocycles. The van der Waals surface area contributed by atoms with E-state index in [0.29, 0.717) is 41.0 Å². The third-order valence-corrected chi connectivity index (χ3v) is 8.28. The summed E-state index contributed by atoms with van der Waals surface area (Å²) in [5.74, 6) is -0.655. The lowest BCUT2D eigenvalue weighted by Gasteiger charge is -2.23. The summed E-state index contributed by atoms with van der Waals surface area (Å²) in [6, 6.07) is 20.0. The molecule has 0 radical (unpaired) electrons. The molecule has 4 aromatic rings. The van der Waals surface area contributed by atoms with E-state index in [0.717, 1.165) is 18.1 Å². The highest BCUT2D eigenvalue weighted by Gasteiger charge is 2.38. The van der Waals surface area contributed by atoms with E-state index in [1.54, 1.807) is 36.1 Å². The molecule has 0 bridgehead atoms. The van der Waals surface area contributed by atoms with Gasteiger partial charge in [0.1, 0.15) is 29.7 Å². The molecule has 0 spiro atoms. The number of carbonyl (C=O) groups is 2. The van der Waals surface area contributed by atoms with E-state index in [-0.39, 0.29) is 29.7 Å². The maximum atomic E-state index is 15.4. The van der Waals surface area contributed by atoms with Crippen LogP contribution < -0.4 is 15.0 Å². The molecule has 2 heterocycles. The van der Waals surface area contributed by atoms with Crippen LogP contribution in [0.15, 0.2) is 72.8 Å². The fourth-order valence-electron chi connectivity index (χ4n) is 4.89. The summed E-state index contributed by atoms with van der Waals surface area (Å²) in [5.41, 5.74) is 2.70. The van der Waals surface area contributed by atoms with Crippen molar-refractivity contribution in [2.24, 2.45) is 5.92 Å². The molecule has 0 fully saturated rings. The second-order valence-corrected chi connectivity index (χ2v) is 11.5. The zero-order valence-electron chi connectivity index (χ0n) is 23.6. The average Bonchev–Trinajstić information content (AvgIpc) is 3.31. The summed E-state index contributed by atoms with van der Waals surface area (Å²) >= 11 is 1.23. The number of aromatic nitrogens is 2. The molecule has 0 saturated carbocycles. The van der Waals surface area contributed by atoms with Gasteiger partial charge in [-0.15, -0.1) is 11.8 Å². The molecule has 0 saturated heterocycles. The molecule has 42 heavy (non-hydrogen) atoms. The van der Waals surface area contributed by atoms with Crippen LogP contribution >= 0.6 is 11.8 Å². The molecule has 1 atom stereocenters. The van der Waals surface area contributed by atoms with Gasteiger partial charge in [0, 0.05) is 29.3 Å². The molecule has 1 aliphatic heterocycles. The van der Waals surface area contributed by atoms with E-state index in [1.807, 2.05) is 30.3 Å². The van der Waals surface area contributed by atoms with Crippen molar-refractivity contribution >= 4 is 29.4 Å².